The van der Waals surface area contributed by atoms with Crippen molar-refractivity contribution in [1.29, 1.82) is 0 Å². The molecule has 0 aliphatic carbocycles. The summed E-state index contributed by atoms with van der Waals surface area (Å²) in [5.41, 5.74) is 1.79. The first-order chi connectivity index (χ1) is 13.6. The number of hydrogen-bond donors (Lipinski definition) is 0. The number of carbonyl (C=O) groups is 2. The molecule has 1 fully saturated rings. The third-order valence-electron chi connectivity index (χ3n) is 5.12. The van der Waals surface area contributed by atoms with Crippen LogP contribution in [-0.4, -0.2) is 36.6 Å². The minimum atomic E-state index is -0.339. The minimum absolute atomic E-state index is 0.00284. The van der Waals surface area contributed by atoms with Crippen molar-refractivity contribution >= 4 is 33.4 Å². The van der Waals surface area contributed by atoms with Gasteiger partial charge in [-0.3, -0.25) is 9.59 Å². The molecule has 1 unspecified atom stereocenters. The van der Waals surface area contributed by atoms with Crippen LogP contribution in [0.1, 0.15) is 18.9 Å². The molecular formula is C21H21BrN2O4. The van der Waals surface area contributed by atoms with Crippen LogP contribution in [0.15, 0.2) is 46.9 Å². The zero-order chi connectivity index (χ0) is 19.7. The van der Waals surface area contributed by atoms with E-state index in [1.54, 1.807) is 9.80 Å². The van der Waals surface area contributed by atoms with Gasteiger partial charge in [0.15, 0.2) is 11.5 Å². The Hall–Kier alpha value is -2.54. The van der Waals surface area contributed by atoms with E-state index in [4.69, 9.17) is 9.47 Å². The number of halogens is 1. The van der Waals surface area contributed by atoms with Crippen LogP contribution < -0.4 is 14.4 Å². The molecule has 0 bridgehead atoms. The fourth-order valence-electron chi connectivity index (χ4n) is 3.64. The second-order valence-corrected chi connectivity index (χ2v) is 7.75. The van der Waals surface area contributed by atoms with Crippen molar-refractivity contribution in [1.82, 2.24) is 4.90 Å². The van der Waals surface area contributed by atoms with Crippen LogP contribution in [-0.2, 0) is 16.1 Å². The molecule has 2 heterocycles. The quantitative estimate of drug-likeness (QED) is 0.706. The standard InChI is InChI=1S/C21H21BrN2O4/c1-2-23(11-14-7-8-18-19(9-14)28-13-27-18)21(26)15-10-20(25)24(12-15)17-6-4-3-5-16(17)22/h3-9,15H,2,10-13H2,1H3. The molecule has 4 rings (SSSR count). The second-order valence-electron chi connectivity index (χ2n) is 6.90. The van der Waals surface area contributed by atoms with E-state index >= 15 is 0 Å². The molecule has 1 saturated heterocycles. The maximum absolute atomic E-state index is 13.1. The third kappa shape index (κ3) is 3.58. The number of rotatable bonds is 5. The van der Waals surface area contributed by atoms with Gasteiger partial charge in [-0.15, -0.1) is 0 Å². The lowest BCUT2D eigenvalue weighted by molar-refractivity contribution is -0.136. The minimum Gasteiger partial charge on any atom is -0.454 e. The molecule has 28 heavy (non-hydrogen) atoms. The predicted octanol–water partition coefficient (Wildman–Crippen LogP) is 3.58. The van der Waals surface area contributed by atoms with E-state index in [9.17, 15) is 9.59 Å². The predicted molar refractivity (Wildman–Crippen MR) is 108 cm³/mol. The van der Waals surface area contributed by atoms with Crippen LogP contribution in [0.5, 0.6) is 11.5 Å². The fourth-order valence-corrected chi connectivity index (χ4v) is 4.14. The normalized spacial score (nSPS) is 17.9. The van der Waals surface area contributed by atoms with E-state index in [-0.39, 0.29) is 30.9 Å². The van der Waals surface area contributed by atoms with Crippen molar-refractivity contribution in [3.63, 3.8) is 0 Å². The summed E-state index contributed by atoms with van der Waals surface area (Å²) in [7, 11) is 0. The molecule has 1 atom stereocenters. The molecule has 0 radical (unpaired) electrons. The summed E-state index contributed by atoms with van der Waals surface area (Å²) < 4.78 is 11.6. The molecule has 146 valence electrons. The van der Waals surface area contributed by atoms with Crippen LogP contribution >= 0.6 is 15.9 Å². The van der Waals surface area contributed by atoms with Gasteiger partial charge < -0.3 is 19.3 Å². The number of anilines is 1. The van der Waals surface area contributed by atoms with Crippen LogP contribution in [0.2, 0.25) is 0 Å². The van der Waals surface area contributed by atoms with Crippen molar-refractivity contribution in [3.8, 4) is 11.5 Å². The Morgan fingerprint density at radius 3 is 2.79 bits per heavy atom. The summed E-state index contributed by atoms with van der Waals surface area (Å²) in [6.07, 6.45) is 0.234. The summed E-state index contributed by atoms with van der Waals surface area (Å²) in [5.74, 6) is 1.07. The molecule has 2 aliphatic heterocycles. The first-order valence-electron chi connectivity index (χ1n) is 9.29. The highest BCUT2D eigenvalue weighted by Gasteiger charge is 2.37. The third-order valence-corrected chi connectivity index (χ3v) is 5.79. The maximum atomic E-state index is 13.1. The van der Waals surface area contributed by atoms with Gasteiger partial charge >= 0.3 is 0 Å². The number of fused-ring (bicyclic) bond motifs is 1. The van der Waals surface area contributed by atoms with E-state index in [1.807, 2.05) is 49.4 Å². The van der Waals surface area contributed by atoms with E-state index in [0.29, 0.717) is 25.4 Å². The van der Waals surface area contributed by atoms with Crippen molar-refractivity contribution in [2.75, 3.05) is 24.8 Å². The molecule has 0 spiro atoms. The molecule has 7 heteroatoms. The first kappa shape index (κ1) is 18.8. The van der Waals surface area contributed by atoms with Gasteiger partial charge in [-0.25, -0.2) is 0 Å². The van der Waals surface area contributed by atoms with Crippen molar-refractivity contribution < 1.29 is 19.1 Å². The number of nitrogens with zero attached hydrogens (tertiary/aromatic N) is 2. The highest BCUT2D eigenvalue weighted by atomic mass is 79.9. The summed E-state index contributed by atoms with van der Waals surface area (Å²) in [5, 5.41) is 0. The molecule has 2 aliphatic rings. The number of carbonyl (C=O) groups excluding carboxylic acids is 2. The molecule has 0 aromatic heterocycles. The number of para-hydroxylation sites is 1. The monoisotopic (exact) mass is 444 g/mol. The van der Waals surface area contributed by atoms with Crippen LogP contribution in [0.3, 0.4) is 0 Å². The Balaban J connectivity index is 1.47. The van der Waals surface area contributed by atoms with Crippen molar-refractivity contribution in [2.45, 2.75) is 19.9 Å². The second kappa shape index (κ2) is 7.83. The van der Waals surface area contributed by atoms with Crippen LogP contribution in [0.4, 0.5) is 5.69 Å². The van der Waals surface area contributed by atoms with Gasteiger partial charge in [-0.2, -0.15) is 0 Å². The van der Waals surface area contributed by atoms with Crippen molar-refractivity contribution in [2.24, 2.45) is 5.92 Å². The number of ether oxygens (including phenoxy) is 2. The Morgan fingerprint density at radius 2 is 2.00 bits per heavy atom. The Kier molecular flexibility index (Phi) is 5.26. The van der Waals surface area contributed by atoms with E-state index in [0.717, 1.165) is 21.5 Å². The molecule has 0 saturated carbocycles. The Bertz CT molecular complexity index is 917. The number of hydrogen-bond acceptors (Lipinski definition) is 4. The van der Waals surface area contributed by atoms with Crippen LogP contribution in [0, 0.1) is 5.92 Å². The number of amides is 2. The van der Waals surface area contributed by atoms with Gasteiger partial charge in [0.05, 0.1) is 11.6 Å². The van der Waals surface area contributed by atoms with Gasteiger partial charge in [0.1, 0.15) is 0 Å². The zero-order valence-electron chi connectivity index (χ0n) is 15.6. The Labute approximate surface area is 172 Å². The first-order valence-corrected chi connectivity index (χ1v) is 10.1. The highest BCUT2D eigenvalue weighted by Crippen LogP contribution is 2.34. The van der Waals surface area contributed by atoms with E-state index < -0.39 is 0 Å². The average Bonchev–Trinajstić information content (AvgIpc) is 3.32. The summed E-state index contributed by atoms with van der Waals surface area (Å²) in [6, 6.07) is 13.3. The lowest BCUT2D eigenvalue weighted by atomic mass is 10.1. The largest absolute Gasteiger partial charge is 0.454 e. The van der Waals surface area contributed by atoms with Gasteiger partial charge in [-0.05, 0) is 52.7 Å². The van der Waals surface area contributed by atoms with Gasteiger partial charge in [0.2, 0.25) is 18.6 Å². The molecular weight excluding hydrogens is 424 g/mol. The van der Waals surface area contributed by atoms with E-state index in [1.165, 1.54) is 0 Å². The molecule has 0 N–H and O–H groups in total. The van der Waals surface area contributed by atoms with Gasteiger partial charge in [0, 0.05) is 30.5 Å². The molecule has 2 aromatic carbocycles. The zero-order valence-corrected chi connectivity index (χ0v) is 17.1. The highest BCUT2D eigenvalue weighted by molar-refractivity contribution is 9.10. The molecule has 2 aromatic rings. The SMILES string of the molecule is CCN(Cc1ccc2c(c1)OCO2)C(=O)C1CC(=O)N(c2ccccc2Br)C1. The lowest BCUT2D eigenvalue weighted by Crippen LogP contribution is -2.37. The van der Waals surface area contributed by atoms with Gasteiger partial charge in [-0.1, -0.05) is 18.2 Å². The van der Waals surface area contributed by atoms with Crippen LogP contribution in [0.25, 0.3) is 0 Å². The lowest BCUT2D eigenvalue weighted by Gasteiger charge is -2.24. The van der Waals surface area contributed by atoms with Gasteiger partial charge in [0.25, 0.3) is 0 Å². The number of benzene rings is 2. The molecule has 2 amide bonds. The fraction of sp³-hybridized carbons (Fsp3) is 0.333. The summed E-state index contributed by atoms with van der Waals surface area (Å²) in [4.78, 5) is 29.1. The summed E-state index contributed by atoms with van der Waals surface area (Å²) in [6.45, 7) is 3.63. The Morgan fingerprint density at radius 1 is 1.21 bits per heavy atom. The average molecular weight is 445 g/mol. The van der Waals surface area contributed by atoms with Crippen molar-refractivity contribution in [3.05, 3.63) is 52.5 Å². The van der Waals surface area contributed by atoms with E-state index in [2.05, 4.69) is 15.9 Å². The molecule has 6 nitrogen and oxygen atoms in total. The smallest absolute Gasteiger partial charge is 0.231 e. The topological polar surface area (TPSA) is 59.1 Å². The maximum Gasteiger partial charge on any atom is 0.231 e. The summed E-state index contributed by atoms with van der Waals surface area (Å²) >= 11 is 3.49.